The fourth-order valence-corrected chi connectivity index (χ4v) is 55.5. The predicted octanol–water partition coefficient (Wildman–Crippen LogP) is -13.6. The summed E-state index contributed by atoms with van der Waals surface area (Å²) in [6.45, 7) is 19.3. The summed E-state index contributed by atoms with van der Waals surface area (Å²) >= 11 is 0. The van der Waals surface area contributed by atoms with Gasteiger partial charge in [0.05, 0.1) is 111 Å². The van der Waals surface area contributed by atoms with Crippen molar-refractivity contribution in [2.75, 3.05) is 212 Å². The number of aliphatic hydroxyl groups excluding tert-OH is 4. The Balaban J connectivity index is 0. The number of nitrogens with zero attached hydrogens (tertiary/aromatic N) is 6. The third-order valence-corrected chi connectivity index (χ3v) is 60.3. The van der Waals surface area contributed by atoms with Crippen LogP contribution in [0.2, 0.25) is 50.4 Å². The van der Waals surface area contributed by atoms with Crippen LogP contribution in [0.15, 0.2) is 0 Å². The first-order valence-electron chi connectivity index (χ1n) is 43.7. The third kappa shape index (κ3) is 73.5. The van der Waals surface area contributed by atoms with Gasteiger partial charge >= 0.3 is 35.2 Å². The third-order valence-electron chi connectivity index (χ3n) is 20.1. The number of ether oxygens (including phenoxy) is 6. The van der Waals surface area contributed by atoms with Crippen molar-refractivity contribution in [2.45, 2.75) is 178 Å². The summed E-state index contributed by atoms with van der Waals surface area (Å²) in [7, 11) is -34.7. The highest BCUT2D eigenvalue weighted by Gasteiger charge is 2.39. The Kier molecular flexibility index (Phi) is 76.9. The van der Waals surface area contributed by atoms with E-state index < -0.39 is 194 Å². The molecular formula is C61H164N6O40S6Si16. The minimum absolute atomic E-state index is 0.0343. The number of hydrogen-bond donors (Lipinski definition) is 10. The van der Waals surface area contributed by atoms with Crippen molar-refractivity contribution >= 4 is 219 Å². The Morgan fingerprint density at radius 1 is 0.279 bits per heavy atom. The van der Waals surface area contributed by atoms with E-state index in [0.717, 1.165) is 0 Å². The summed E-state index contributed by atoms with van der Waals surface area (Å²) in [4.78, 5) is 11.2. The number of rotatable bonds is 90. The fraction of sp³-hybridized carbons (Fsp3) is 1.00. The summed E-state index contributed by atoms with van der Waals surface area (Å²) in [6, 6.07) is 2.04. The van der Waals surface area contributed by atoms with Gasteiger partial charge in [-0.15, -0.1) is 0 Å². The van der Waals surface area contributed by atoms with Gasteiger partial charge in [-0.25, -0.2) is 0 Å². The maximum Gasteiger partial charge on any atom is 0.468 e. The lowest BCUT2D eigenvalue weighted by atomic mass is 10.2. The van der Waals surface area contributed by atoms with E-state index in [2.05, 4.69) is 0 Å². The summed E-state index contributed by atoms with van der Waals surface area (Å²) in [6.07, 6.45) is -1.03. The molecular weight excluding hydrogens is 2100 g/mol. The Bertz CT molecular complexity index is 3390. The van der Waals surface area contributed by atoms with Gasteiger partial charge in [0.1, 0.15) is 123 Å². The summed E-state index contributed by atoms with van der Waals surface area (Å²) < 4.78 is 299. The van der Waals surface area contributed by atoms with Gasteiger partial charge < -0.3 is 108 Å². The van der Waals surface area contributed by atoms with Crippen LogP contribution in [0.1, 0.15) is 85.0 Å². The van der Waals surface area contributed by atoms with E-state index in [9.17, 15) is 98.2 Å². The van der Waals surface area contributed by atoms with Crippen LogP contribution in [0.3, 0.4) is 0 Å². The Morgan fingerprint density at radius 2 is 0.496 bits per heavy atom. The van der Waals surface area contributed by atoms with E-state index in [1.54, 1.807) is 9.80 Å². The van der Waals surface area contributed by atoms with Crippen molar-refractivity contribution in [3.8, 4) is 0 Å². The zero-order chi connectivity index (χ0) is 98.3. The SMILES string of the molecule is C[SiH2]O[Si](CCCOCC(O)CN(CCCS(=O)(=O)O)C(C)COCC(C)OCC(C)N(CCCS(=O)(=O)O)CC(O)COCCC[Si](O[SiH3])(O[SiH3])O[SiH2]C)(O[SiH3])O[SiH3].C[SiH2]O[Si](CCCOCC(O)CN(CCCS(=O)(=O)O)CCN(CCCS(=O)(=O)O)CCN(CCCS(=O)(=O)O)CCN(CCCS(=O)(=O)O)CC(O)COCCC[Si](O[SiH3])(O[SiH3])O[SiH2]C)(O[SiH3])O[SiH3]. The molecule has 0 aliphatic rings. The Labute approximate surface area is 807 Å². The molecule has 7 unspecified atom stereocenters. The highest BCUT2D eigenvalue weighted by Crippen LogP contribution is 2.21. The monoisotopic (exact) mass is 2260 g/mol. The van der Waals surface area contributed by atoms with Gasteiger partial charge in [-0.2, -0.15) is 50.5 Å². The average molecular weight is 2260 g/mol. The molecule has 0 amide bonds. The lowest BCUT2D eigenvalue weighted by Crippen LogP contribution is -2.46. The van der Waals surface area contributed by atoms with E-state index in [-0.39, 0.29) is 201 Å². The maximum atomic E-state index is 11.7. The van der Waals surface area contributed by atoms with Gasteiger partial charge in [0.25, 0.3) is 60.7 Å². The largest absolute Gasteiger partial charge is 0.468 e. The summed E-state index contributed by atoms with van der Waals surface area (Å²) in [5, 5.41) is 43.5. The topological polar surface area (TPSA) is 593 Å². The van der Waals surface area contributed by atoms with Crippen LogP contribution in [0.4, 0.5) is 0 Å². The first kappa shape index (κ1) is 133. The molecule has 0 radical (unpaired) electrons. The van der Waals surface area contributed by atoms with Crippen LogP contribution < -0.4 is 0 Å². The molecule has 0 saturated carbocycles. The molecule has 7 atom stereocenters. The lowest BCUT2D eigenvalue weighted by Gasteiger charge is -2.32. The highest BCUT2D eigenvalue weighted by molar-refractivity contribution is 7.87. The first-order chi connectivity index (χ1) is 60.4. The van der Waals surface area contributed by atoms with Crippen LogP contribution in [-0.2, 0) is 139 Å². The van der Waals surface area contributed by atoms with E-state index in [4.69, 9.17) is 77.8 Å². The van der Waals surface area contributed by atoms with Gasteiger partial charge in [-0.05, 0) is 124 Å². The summed E-state index contributed by atoms with van der Waals surface area (Å²) in [5.41, 5.74) is 0. The highest BCUT2D eigenvalue weighted by atomic mass is 32.2. The summed E-state index contributed by atoms with van der Waals surface area (Å²) in [5.74, 6) is -2.93. The molecule has 0 aliphatic heterocycles. The molecule has 10 N–H and O–H groups in total. The van der Waals surface area contributed by atoms with E-state index in [0.29, 0.717) is 167 Å². The molecule has 0 spiro atoms. The molecule has 68 heteroatoms. The molecule has 0 saturated heterocycles. The minimum Gasteiger partial charge on any atom is -0.425 e. The maximum absolute atomic E-state index is 11.7. The smallest absolute Gasteiger partial charge is 0.425 e. The zero-order valence-electron chi connectivity index (χ0n) is 79.0. The molecule has 0 heterocycles. The molecule has 778 valence electrons. The van der Waals surface area contributed by atoms with Gasteiger partial charge in [-0.3, -0.25) is 46.9 Å². The lowest BCUT2D eigenvalue weighted by molar-refractivity contribution is -0.0488. The van der Waals surface area contributed by atoms with Crippen LogP contribution in [-0.4, -0.2) is 540 Å². The number of hydrogen-bond acceptors (Lipinski definition) is 40. The van der Waals surface area contributed by atoms with Gasteiger partial charge in [0, 0.05) is 128 Å². The molecule has 0 bridgehead atoms. The van der Waals surface area contributed by atoms with Crippen LogP contribution in [0.25, 0.3) is 0 Å². The van der Waals surface area contributed by atoms with Gasteiger partial charge in [-0.1, -0.05) is 26.2 Å². The fourth-order valence-electron chi connectivity index (χ4n) is 13.4. The van der Waals surface area contributed by atoms with Crippen LogP contribution in [0, 0.1) is 0 Å². The zero-order valence-corrected chi connectivity index (χ0v) is 110. The van der Waals surface area contributed by atoms with Crippen molar-refractivity contribution in [3.05, 3.63) is 0 Å². The predicted molar refractivity (Wildman–Crippen MR) is 538 cm³/mol. The molecule has 0 aromatic carbocycles. The Hall–Kier alpha value is 1.81. The van der Waals surface area contributed by atoms with E-state index in [1.807, 2.05) is 66.6 Å². The van der Waals surface area contributed by atoms with Crippen molar-refractivity contribution in [1.29, 1.82) is 0 Å². The van der Waals surface area contributed by atoms with Crippen molar-refractivity contribution < 1.29 is 176 Å². The second-order valence-electron chi connectivity index (χ2n) is 30.9. The second kappa shape index (κ2) is 74.7. The van der Waals surface area contributed by atoms with E-state index in [1.165, 1.54) is 0 Å². The van der Waals surface area contributed by atoms with Crippen molar-refractivity contribution in [3.63, 3.8) is 0 Å². The number of aliphatic hydroxyl groups is 4. The minimum atomic E-state index is -4.31. The molecule has 129 heavy (non-hydrogen) atoms. The van der Waals surface area contributed by atoms with Gasteiger partial charge in [0.15, 0.2) is 0 Å². The molecule has 0 fully saturated rings. The van der Waals surface area contributed by atoms with Crippen LogP contribution in [0.5, 0.6) is 0 Å². The van der Waals surface area contributed by atoms with E-state index >= 15 is 0 Å². The Morgan fingerprint density at radius 3 is 0.729 bits per heavy atom. The van der Waals surface area contributed by atoms with Crippen LogP contribution >= 0.6 is 0 Å². The molecule has 0 rings (SSSR count). The van der Waals surface area contributed by atoms with Crippen molar-refractivity contribution in [2.24, 2.45) is 0 Å². The molecule has 0 aromatic rings. The molecule has 46 nitrogen and oxygen atoms in total. The normalized spacial score (nSPS) is 17.1. The molecule has 0 aliphatic carbocycles. The second-order valence-corrected chi connectivity index (χ2v) is 67.8. The first-order valence-corrected chi connectivity index (χ1v) is 75.6. The molecule has 0 aromatic heterocycles. The average Bonchev–Trinajstić information content (AvgIpc) is 0.894. The van der Waals surface area contributed by atoms with Gasteiger partial charge in [0.2, 0.25) is 0 Å². The quantitative estimate of drug-likeness (QED) is 0.0154. The van der Waals surface area contributed by atoms with Crippen molar-refractivity contribution in [1.82, 2.24) is 29.4 Å². The standard InChI is InChI=1S/C32H86N4O22S4Si8.C29H78N2O18S2Si8/c1-67-57-69(53-63,54-64)25-7-19-51-29-31(37)27-35(11-5-23-61(45,46)47)17-15-33(9-3-21-59(39,40)41)13-14-34(10-4-22-60(42,43)44)16-18-36(12-6-24-62(48,49)50)28-32(38)30-52-20-8-26-70(55-65,56-66)58-68-2;1-25(30(10-6-14-50(34,35)36)18-28(32)23-40-12-8-16-58(44-52,45-53)48-56-4)20-42-22-27(3)43-21-26(2)31(11-7-15-51(37,38)39)19-29(33)24-41-13-9-17-59(46-54,47-55)49-57-5/h31-32,37-38H,3-30,67-68H2,1-2,63-66H3,(H,39,40,41)(H,42,43,44)(H,45,46,47)(H,48,49,50);25-29,32-33H,6-24,56-57H2,1-5,52-55H3,(H,34,35,36)(H,37,38,39).